The summed E-state index contributed by atoms with van der Waals surface area (Å²) in [6, 6.07) is 5.51. The van der Waals surface area contributed by atoms with Gasteiger partial charge in [-0.15, -0.1) is 12.4 Å². The minimum Gasteiger partial charge on any atom is -0.389 e. The predicted octanol–water partition coefficient (Wildman–Crippen LogP) is 3.58. The Bertz CT molecular complexity index is 499. The van der Waals surface area contributed by atoms with Crippen molar-refractivity contribution >= 4 is 39.9 Å². The minimum atomic E-state index is -1.03. The average molecular weight is 399 g/mol. The van der Waals surface area contributed by atoms with Crippen molar-refractivity contribution in [1.29, 1.82) is 0 Å². The summed E-state index contributed by atoms with van der Waals surface area (Å²) >= 11 is 9.59. The quantitative estimate of drug-likeness (QED) is 0.814. The van der Waals surface area contributed by atoms with Crippen LogP contribution in [0.2, 0.25) is 5.02 Å². The van der Waals surface area contributed by atoms with E-state index < -0.39 is 11.2 Å². The zero-order valence-electron chi connectivity index (χ0n) is 12.3. The fourth-order valence-electron chi connectivity index (χ4n) is 2.81. The number of benzene rings is 1. The summed E-state index contributed by atoms with van der Waals surface area (Å²) in [5, 5.41) is 21.6. The van der Waals surface area contributed by atoms with Gasteiger partial charge in [0.25, 0.3) is 0 Å². The molecule has 6 heteroatoms. The van der Waals surface area contributed by atoms with Crippen molar-refractivity contribution in [3.63, 3.8) is 0 Å². The molecular formula is C15H22BrCl2NO2. The van der Waals surface area contributed by atoms with Gasteiger partial charge < -0.3 is 10.2 Å². The molecule has 1 aromatic carbocycles. The smallest absolute Gasteiger partial charge is 0.101 e. The van der Waals surface area contributed by atoms with Gasteiger partial charge in [0.05, 0.1) is 5.60 Å². The molecule has 0 aliphatic carbocycles. The van der Waals surface area contributed by atoms with Crippen molar-refractivity contribution in [2.75, 3.05) is 19.6 Å². The lowest BCUT2D eigenvalue weighted by Gasteiger charge is -2.31. The average Bonchev–Trinajstić information content (AvgIpc) is 2.70. The van der Waals surface area contributed by atoms with Crippen LogP contribution in [0, 0.1) is 0 Å². The molecule has 0 aromatic heterocycles. The maximum absolute atomic E-state index is 10.7. The molecule has 2 unspecified atom stereocenters. The minimum absolute atomic E-state index is 0. The van der Waals surface area contributed by atoms with Gasteiger partial charge in [0, 0.05) is 34.7 Å². The zero-order valence-corrected chi connectivity index (χ0v) is 15.4. The highest BCUT2D eigenvalue weighted by Gasteiger charge is 2.38. The van der Waals surface area contributed by atoms with Gasteiger partial charge >= 0.3 is 0 Å². The Hall–Kier alpha value is 0.160. The van der Waals surface area contributed by atoms with Gasteiger partial charge in [0.2, 0.25) is 0 Å². The van der Waals surface area contributed by atoms with Crippen LogP contribution in [0.4, 0.5) is 0 Å². The number of hydrogen-bond acceptors (Lipinski definition) is 3. The molecular weight excluding hydrogens is 377 g/mol. The van der Waals surface area contributed by atoms with Crippen molar-refractivity contribution in [1.82, 2.24) is 4.90 Å². The van der Waals surface area contributed by atoms with E-state index in [4.69, 9.17) is 11.6 Å². The summed E-state index contributed by atoms with van der Waals surface area (Å²) in [5.41, 5.74) is -0.926. The summed E-state index contributed by atoms with van der Waals surface area (Å²) < 4.78 is 0.892. The molecule has 1 aliphatic rings. The Morgan fingerprint density at radius 2 is 2.14 bits per heavy atom. The number of nitrogens with zero attached hydrogens (tertiary/aromatic N) is 1. The fraction of sp³-hybridized carbons (Fsp3) is 0.600. The number of β-amino-alcohol motifs (C(OH)–C–C–N with tert-alkyl or cyclic N) is 2. The van der Waals surface area contributed by atoms with Crippen molar-refractivity contribution in [3.05, 3.63) is 33.3 Å². The van der Waals surface area contributed by atoms with E-state index in [1.807, 2.05) is 19.1 Å². The molecule has 2 atom stereocenters. The molecule has 1 fully saturated rings. The molecule has 21 heavy (non-hydrogen) atoms. The van der Waals surface area contributed by atoms with Crippen molar-refractivity contribution < 1.29 is 10.2 Å². The summed E-state index contributed by atoms with van der Waals surface area (Å²) in [4.78, 5) is 2.10. The number of likely N-dealkylation sites (tertiary alicyclic amines) is 1. The maximum Gasteiger partial charge on any atom is 0.101 e. The van der Waals surface area contributed by atoms with Gasteiger partial charge in [-0.2, -0.15) is 0 Å². The number of rotatable bonds is 4. The Kier molecular flexibility index (Phi) is 6.54. The second kappa shape index (κ2) is 7.16. The predicted molar refractivity (Wildman–Crippen MR) is 92.3 cm³/mol. The van der Waals surface area contributed by atoms with Crippen molar-refractivity contribution in [2.45, 2.75) is 37.9 Å². The normalized spacial score (nSPS) is 25.4. The summed E-state index contributed by atoms with van der Waals surface area (Å²) in [6.45, 7) is 5.64. The van der Waals surface area contributed by atoms with Crippen LogP contribution in [0.5, 0.6) is 0 Å². The highest BCUT2D eigenvalue weighted by atomic mass is 79.9. The maximum atomic E-state index is 10.7. The molecule has 1 aliphatic heterocycles. The van der Waals surface area contributed by atoms with Crippen LogP contribution in [0.3, 0.4) is 0 Å². The number of halogens is 3. The number of aliphatic hydroxyl groups is 2. The molecule has 0 saturated carbocycles. The summed E-state index contributed by atoms with van der Waals surface area (Å²) in [6.07, 6.45) is 1.50. The molecule has 0 bridgehead atoms. The molecule has 3 nitrogen and oxygen atoms in total. The molecule has 0 spiro atoms. The third kappa shape index (κ3) is 4.57. The van der Waals surface area contributed by atoms with E-state index in [0.29, 0.717) is 23.7 Å². The third-order valence-corrected chi connectivity index (χ3v) is 4.92. The van der Waals surface area contributed by atoms with E-state index >= 15 is 0 Å². The second-order valence-electron chi connectivity index (χ2n) is 5.94. The lowest BCUT2D eigenvalue weighted by Crippen LogP contribution is -2.40. The molecule has 0 radical (unpaired) electrons. The second-order valence-corrected chi connectivity index (χ2v) is 7.26. The Morgan fingerprint density at radius 1 is 1.48 bits per heavy atom. The van der Waals surface area contributed by atoms with E-state index in [1.54, 1.807) is 13.0 Å². The highest BCUT2D eigenvalue weighted by molar-refractivity contribution is 9.10. The lowest BCUT2D eigenvalue weighted by molar-refractivity contribution is 0.00473. The van der Waals surface area contributed by atoms with Crippen molar-refractivity contribution in [2.24, 2.45) is 0 Å². The van der Waals surface area contributed by atoms with Crippen LogP contribution in [-0.4, -0.2) is 40.3 Å². The molecule has 1 heterocycles. The van der Waals surface area contributed by atoms with Gasteiger partial charge in [-0.25, -0.2) is 0 Å². The van der Waals surface area contributed by atoms with Crippen LogP contribution in [0.15, 0.2) is 22.7 Å². The Labute approximate surface area is 145 Å². The zero-order chi connectivity index (χ0) is 15.0. The molecule has 0 amide bonds. The molecule has 120 valence electrons. The van der Waals surface area contributed by atoms with Crippen molar-refractivity contribution in [3.8, 4) is 0 Å². The van der Waals surface area contributed by atoms with E-state index in [0.717, 1.165) is 23.9 Å². The van der Waals surface area contributed by atoms with Gasteiger partial charge in [-0.3, -0.25) is 4.90 Å². The Morgan fingerprint density at radius 3 is 2.67 bits per heavy atom. The first kappa shape index (κ1) is 19.2. The monoisotopic (exact) mass is 397 g/mol. The first-order valence-corrected chi connectivity index (χ1v) is 8.05. The summed E-state index contributed by atoms with van der Waals surface area (Å²) in [5.74, 6) is 0. The fourth-order valence-corrected chi connectivity index (χ4v) is 3.69. The standard InChI is InChI=1S/C15H21BrClNO2.ClH/c1-3-15(20)6-7-18(10-15)9-14(2,19)12-5-4-11(16)8-13(12)17;/h4-5,8,19-20H,3,6-7,9-10H2,1-2H3;1H. The summed E-state index contributed by atoms with van der Waals surface area (Å²) in [7, 11) is 0. The first-order chi connectivity index (χ1) is 9.26. The van der Waals surface area contributed by atoms with Crippen LogP contribution in [0.25, 0.3) is 0 Å². The molecule has 1 aromatic rings. The van der Waals surface area contributed by atoms with Crippen LogP contribution >= 0.6 is 39.9 Å². The van der Waals surface area contributed by atoms with E-state index in [-0.39, 0.29) is 12.4 Å². The van der Waals surface area contributed by atoms with Gasteiger partial charge in [-0.05, 0) is 31.9 Å². The lowest BCUT2D eigenvalue weighted by atomic mass is 9.95. The molecule has 1 saturated heterocycles. The van der Waals surface area contributed by atoms with Gasteiger partial charge in [-0.1, -0.05) is 40.5 Å². The van der Waals surface area contributed by atoms with E-state index in [2.05, 4.69) is 20.8 Å². The SMILES string of the molecule is CCC1(O)CCN(CC(C)(O)c2ccc(Br)cc2Cl)C1.Cl. The van der Waals surface area contributed by atoms with Crippen LogP contribution in [0.1, 0.15) is 32.3 Å². The largest absolute Gasteiger partial charge is 0.389 e. The topological polar surface area (TPSA) is 43.7 Å². The van der Waals surface area contributed by atoms with E-state index in [1.165, 1.54) is 0 Å². The Balaban J connectivity index is 0.00000220. The first-order valence-electron chi connectivity index (χ1n) is 6.88. The van der Waals surface area contributed by atoms with E-state index in [9.17, 15) is 10.2 Å². The van der Waals surface area contributed by atoms with Gasteiger partial charge in [0.15, 0.2) is 0 Å². The van der Waals surface area contributed by atoms with Gasteiger partial charge in [0.1, 0.15) is 5.60 Å². The number of hydrogen-bond donors (Lipinski definition) is 2. The van der Waals surface area contributed by atoms with Crippen LogP contribution in [-0.2, 0) is 5.60 Å². The molecule has 2 N–H and O–H groups in total. The highest BCUT2D eigenvalue weighted by Crippen LogP contribution is 2.33. The molecule has 2 rings (SSSR count). The van der Waals surface area contributed by atoms with Crippen LogP contribution < -0.4 is 0 Å². The third-order valence-electron chi connectivity index (χ3n) is 4.11.